The van der Waals surface area contributed by atoms with Gasteiger partial charge in [0.05, 0.1) is 25.3 Å². The number of benzene rings is 1. The topological polar surface area (TPSA) is 83.6 Å². The van der Waals surface area contributed by atoms with Gasteiger partial charge in [0.1, 0.15) is 22.8 Å². The molecule has 1 atom stereocenters. The van der Waals surface area contributed by atoms with Crippen molar-refractivity contribution < 1.29 is 14.2 Å². The van der Waals surface area contributed by atoms with Crippen LogP contribution in [0.5, 0.6) is 5.75 Å². The third-order valence-corrected chi connectivity index (χ3v) is 6.80. The van der Waals surface area contributed by atoms with E-state index in [4.69, 9.17) is 19.3 Å². The maximum Gasteiger partial charge on any atom is 0.290 e. The number of nitrogens with zero attached hydrogens (tertiary/aromatic N) is 5. The molecule has 6 rings (SSSR count). The van der Waals surface area contributed by atoms with Gasteiger partial charge >= 0.3 is 0 Å². The highest BCUT2D eigenvalue weighted by Gasteiger charge is 2.26. The smallest absolute Gasteiger partial charge is 0.290 e. The Morgan fingerprint density at radius 1 is 1.00 bits per heavy atom. The van der Waals surface area contributed by atoms with Gasteiger partial charge in [-0.25, -0.2) is 9.36 Å². The number of anilines is 1. The number of hydrogen-bond donors (Lipinski definition) is 0. The minimum Gasteiger partial charge on any atom is -0.493 e. The van der Waals surface area contributed by atoms with E-state index in [9.17, 15) is 4.79 Å². The Hall–Kier alpha value is -2.91. The lowest BCUT2D eigenvalue weighted by Gasteiger charge is -2.28. The van der Waals surface area contributed by atoms with E-state index in [-0.39, 0.29) is 11.8 Å². The van der Waals surface area contributed by atoms with Crippen LogP contribution in [-0.2, 0) is 22.9 Å². The number of hydrogen-bond acceptors (Lipinski definition) is 7. The zero-order valence-corrected chi connectivity index (χ0v) is 19.0. The van der Waals surface area contributed by atoms with Crippen molar-refractivity contribution in [2.75, 3.05) is 44.4 Å². The van der Waals surface area contributed by atoms with E-state index in [1.165, 1.54) is 10.2 Å². The van der Waals surface area contributed by atoms with Gasteiger partial charge in [-0.05, 0) is 55.9 Å². The van der Waals surface area contributed by atoms with Crippen LogP contribution in [0.25, 0.3) is 22.3 Å². The van der Waals surface area contributed by atoms with Crippen molar-refractivity contribution >= 4 is 16.6 Å². The predicted molar refractivity (Wildman–Crippen MR) is 124 cm³/mol. The normalized spacial score (nSPS) is 21.1. The van der Waals surface area contributed by atoms with E-state index in [0.29, 0.717) is 37.7 Å². The first-order valence-electron chi connectivity index (χ1n) is 11.9. The van der Waals surface area contributed by atoms with Crippen LogP contribution in [0.4, 0.5) is 5.69 Å². The summed E-state index contributed by atoms with van der Waals surface area (Å²) in [6, 6.07) is 6.16. The number of rotatable bonds is 3. The van der Waals surface area contributed by atoms with Gasteiger partial charge in [0.15, 0.2) is 6.23 Å². The fourth-order valence-electron chi connectivity index (χ4n) is 5.05. The van der Waals surface area contributed by atoms with E-state index < -0.39 is 0 Å². The van der Waals surface area contributed by atoms with Gasteiger partial charge in [0, 0.05) is 32.1 Å². The fourth-order valence-corrected chi connectivity index (χ4v) is 5.05. The molecule has 2 aromatic heterocycles. The molecule has 0 aliphatic carbocycles. The fraction of sp³-hybridized carbons (Fsp3) is 0.542. The number of aryl methyl sites for hydroxylation is 2. The van der Waals surface area contributed by atoms with Gasteiger partial charge in [0.25, 0.3) is 5.56 Å². The summed E-state index contributed by atoms with van der Waals surface area (Å²) >= 11 is 0. The van der Waals surface area contributed by atoms with Crippen LogP contribution in [0.2, 0.25) is 0 Å². The Kier molecular flexibility index (Phi) is 5.30. The standard InChI is InChI=1S/C24H29N5O4/c1-27-24(30)20(28-7-11-31-12-8-28)15-18(25-27)23-17-14-21-16(5-4-10-32-21)13-19(17)29(26-23)22-6-2-3-9-33-22/h13-15,22H,2-12H2,1H3. The van der Waals surface area contributed by atoms with Crippen LogP contribution in [0, 0.1) is 0 Å². The number of aromatic nitrogens is 4. The van der Waals surface area contributed by atoms with Crippen molar-refractivity contribution in [1.82, 2.24) is 19.6 Å². The molecule has 9 heteroatoms. The molecule has 1 unspecified atom stereocenters. The minimum atomic E-state index is -0.110. The lowest BCUT2D eigenvalue weighted by molar-refractivity contribution is -0.0365. The van der Waals surface area contributed by atoms with Gasteiger partial charge < -0.3 is 19.1 Å². The van der Waals surface area contributed by atoms with Crippen LogP contribution in [-0.4, -0.2) is 59.1 Å². The largest absolute Gasteiger partial charge is 0.493 e. The van der Waals surface area contributed by atoms with Crippen molar-refractivity contribution in [2.45, 2.75) is 38.3 Å². The van der Waals surface area contributed by atoms with Crippen molar-refractivity contribution in [2.24, 2.45) is 7.05 Å². The average molecular weight is 452 g/mol. The maximum atomic E-state index is 12.9. The van der Waals surface area contributed by atoms with E-state index in [2.05, 4.69) is 22.1 Å². The molecule has 0 amide bonds. The van der Waals surface area contributed by atoms with Gasteiger partial charge in [0.2, 0.25) is 0 Å². The van der Waals surface area contributed by atoms with Crippen LogP contribution in [0.3, 0.4) is 0 Å². The Labute approximate surface area is 191 Å². The second-order valence-electron chi connectivity index (χ2n) is 8.99. The van der Waals surface area contributed by atoms with Crippen molar-refractivity contribution in [1.29, 1.82) is 0 Å². The van der Waals surface area contributed by atoms with E-state index >= 15 is 0 Å². The third-order valence-electron chi connectivity index (χ3n) is 6.80. The van der Waals surface area contributed by atoms with E-state index in [0.717, 1.165) is 67.7 Å². The maximum absolute atomic E-state index is 12.9. The summed E-state index contributed by atoms with van der Waals surface area (Å²) in [4.78, 5) is 15.0. The summed E-state index contributed by atoms with van der Waals surface area (Å²) in [7, 11) is 1.70. The molecule has 174 valence electrons. The van der Waals surface area contributed by atoms with Gasteiger partial charge in [-0.2, -0.15) is 10.2 Å². The number of ether oxygens (including phenoxy) is 3. The van der Waals surface area contributed by atoms with Crippen LogP contribution in [0.1, 0.15) is 37.5 Å². The summed E-state index contributed by atoms with van der Waals surface area (Å²) in [6.45, 7) is 4.07. The molecule has 3 aliphatic rings. The number of fused-ring (bicyclic) bond motifs is 2. The van der Waals surface area contributed by atoms with Crippen LogP contribution >= 0.6 is 0 Å². The van der Waals surface area contributed by atoms with Crippen molar-refractivity contribution in [3.8, 4) is 17.1 Å². The van der Waals surface area contributed by atoms with Gasteiger partial charge in [-0.1, -0.05) is 0 Å². The Morgan fingerprint density at radius 2 is 1.88 bits per heavy atom. The lowest BCUT2D eigenvalue weighted by Crippen LogP contribution is -2.40. The zero-order chi connectivity index (χ0) is 22.4. The molecule has 0 saturated carbocycles. The minimum absolute atomic E-state index is 0.0937. The monoisotopic (exact) mass is 451 g/mol. The summed E-state index contributed by atoms with van der Waals surface area (Å²) in [6.07, 6.45) is 5.06. The summed E-state index contributed by atoms with van der Waals surface area (Å²) in [5.41, 5.74) is 4.19. The SMILES string of the molecule is Cn1nc(-c2nn(C3CCCCO3)c3cc4c(cc23)OCCC4)cc(N2CCOCC2)c1=O. The molecule has 1 aromatic carbocycles. The first-order chi connectivity index (χ1) is 16.2. The molecule has 0 bridgehead atoms. The molecule has 2 fully saturated rings. The first-order valence-corrected chi connectivity index (χ1v) is 11.9. The third kappa shape index (κ3) is 3.69. The first kappa shape index (κ1) is 20.7. The quantitative estimate of drug-likeness (QED) is 0.605. The Balaban J connectivity index is 1.53. The second-order valence-corrected chi connectivity index (χ2v) is 8.99. The summed E-state index contributed by atoms with van der Waals surface area (Å²) < 4.78 is 21.0. The summed E-state index contributed by atoms with van der Waals surface area (Å²) in [5, 5.41) is 10.6. The molecular weight excluding hydrogens is 422 g/mol. The number of morpholine rings is 1. The Morgan fingerprint density at radius 3 is 2.70 bits per heavy atom. The zero-order valence-electron chi connectivity index (χ0n) is 19.0. The highest BCUT2D eigenvalue weighted by molar-refractivity contribution is 5.94. The molecule has 3 aromatic rings. The molecule has 0 radical (unpaired) electrons. The second kappa shape index (κ2) is 8.46. The Bertz CT molecular complexity index is 1240. The van der Waals surface area contributed by atoms with Gasteiger partial charge in [-0.3, -0.25) is 4.79 Å². The molecule has 0 N–H and O–H groups in total. The molecule has 0 spiro atoms. The summed E-state index contributed by atoms with van der Waals surface area (Å²) in [5.74, 6) is 0.914. The molecule has 3 aliphatic heterocycles. The van der Waals surface area contributed by atoms with E-state index in [1.54, 1.807) is 7.05 Å². The average Bonchev–Trinajstić information content (AvgIpc) is 3.23. The van der Waals surface area contributed by atoms with Crippen molar-refractivity contribution in [3.63, 3.8) is 0 Å². The molecule has 33 heavy (non-hydrogen) atoms. The van der Waals surface area contributed by atoms with Crippen LogP contribution < -0.4 is 15.2 Å². The molecule has 2 saturated heterocycles. The molecule has 5 heterocycles. The van der Waals surface area contributed by atoms with Crippen molar-refractivity contribution in [3.05, 3.63) is 34.1 Å². The molecular formula is C24H29N5O4. The van der Waals surface area contributed by atoms with Gasteiger partial charge in [-0.15, -0.1) is 0 Å². The highest BCUT2D eigenvalue weighted by atomic mass is 16.5. The predicted octanol–water partition coefficient (Wildman–Crippen LogP) is 2.66. The van der Waals surface area contributed by atoms with E-state index in [1.807, 2.05) is 10.7 Å². The lowest BCUT2D eigenvalue weighted by atomic mass is 10.0. The van der Waals surface area contributed by atoms with Crippen LogP contribution in [0.15, 0.2) is 23.0 Å². The molecule has 9 nitrogen and oxygen atoms in total. The highest BCUT2D eigenvalue weighted by Crippen LogP contribution is 2.37.